The predicted octanol–water partition coefficient (Wildman–Crippen LogP) is 1.62. The van der Waals surface area contributed by atoms with Crippen molar-refractivity contribution in [1.29, 1.82) is 0 Å². The van der Waals surface area contributed by atoms with Crippen LogP contribution in [0.5, 0.6) is 0 Å². The summed E-state index contributed by atoms with van der Waals surface area (Å²) in [7, 11) is 1.78. The Morgan fingerprint density at radius 3 is 2.63 bits per heavy atom. The van der Waals surface area contributed by atoms with Gasteiger partial charge in [0.15, 0.2) is 0 Å². The second kappa shape index (κ2) is 4.94. The molecule has 0 radical (unpaired) electrons. The average molecular weight is 263 g/mol. The van der Waals surface area contributed by atoms with Crippen molar-refractivity contribution < 1.29 is 4.74 Å². The summed E-state index contributed by atoms with van der Waals surface area (Å²) in [4.78, 5) is 8.96. The second-order valence-electron chi connectivity index (χ2n) is 5.51. The number of hydrogen-bond donors (Lipinski definition) is 3. The SMILES string of the molecule is COC1(CNc2cc(NN)nc(C3CC3)n2)CCC1. The van der Waals surface area contributed by atoms with Crippen LogP contribution in [0.3, 0.4) is 0 Å². The number of anilines is 2. The van der Waals surface area contributed by atoms with E-state index in [2.05, 4.69) is 20.7 Å². The largest absolute Gasteiger partial charge is 0.376 e. The third-order valence-corrected chi connectivity index (χ3v) is 4.12. The van der Waals surface area contributed by atoms with Crippen molar-refractivity contribution in [2.45, 2.75) is 43.6 Å². The van der Waals surface area contributed by atoms with Crippen LogP contribution in [0.4, 0.5) is 11.6 Å². The molecule has 0 unspecified atom stereocenters. The van der Waals surface area contributed by atoms with Crippen LogP contribution < -0.4 is 16.6 Å². The van der Waals surface area contributed by atoms with Crippen molar-refractivity contribution in [2.24, 2.45) is 5.84 Å². The summed E-state index contributed by atoms with van der Waals surface area (Å²) >= 11 is 0. The molecule has 0 bridgehead atoms. The van der Waals surface area contributed by atoms with Gasteiger partial charge in [-0.15, -0.1) is 0 Å². The zero-order valence-corrected chi connectivity index (χ0v) is 11.3. The van der Waals surface area contributed by atoms with Gasteiger partial charge in [0.2, 0.25) is 0 Å². The first-order valence-electron chi connectivity index (χ1n) is 6.89. The minimum absolute atomic E-state index is 0.0129. The number of methoxy groups -OCH3 is 1. The summed E-state index contributed by atoms with van der Waals surface area (Å²) < 4.78 is 5.60. The molecule has 1 aromatic rings. The van der Waals surface area contributed by atoms with Crippen molar-refractivity contribution in [3.63, 3.8) is 0 Å². The minimum atomic E-state index is -0.0129. The fourth-order valence-electron chi connectivity index (χ4n) is 2.43. The van der Waals surface area contributed by atoms with E-state index >= 15 is 0 Å². The molecule has 19 heavy (non-hydrogen) atoms. The van der Waals surface area contributed by atoms with Crippen LogP contribution in [0.1, 0.15) is 43.8 Å². The zero-order chi connectivity index (χ0) is 13.3. The molecular formula is C13H21N5O. The highest BCUT2D eigenvalue weighted by atomic mass is 16.5. The van der Waals surface area contributed by atoms with Crippen LogP contribution in [0.25, 0.3) is 0 Å². The van der Waals surface area contributed by atoms with E-state index in [1.165, 1.54) is 19.3 Å². The first-order chi connectivity index (χ1) is 9.24. The quantitative estimate of drug-likeness (QED) is 0.534. The molecule has 3 rings (SSSR count). The van der Waals surface area contributed by atoms with E-state index in [1.54, 1.807) is 7.11 Å². The second-order valence-corrected chi connectivity index (χ2v) is 5.51. The number of ether oxygens (including phenoxy) is 1. The molecule has 0 saturated heterocycles. The molecule has 0 amide bonds. The Morgan fingerprint density at radius 1 is 1.37 bits per heavy atom. The molecule has 2 fully saturated rings. The van der Waals surface area contributed by atoms with Gasteiger partial charge in [-0.1, -0.05) is 0 Å². The fourth-order valence-corrected chi connectivity index (χ4v) is 2.43. The standard InChI is InChI=1S/C13H21N5O/c1-19-13(5-2-6-13)8-15-10-7-11(18-14)17-12(16-10)9-3-4-9/h7,9H,2-6,8,14H2,1H3,(H2,15,16,17,18). The van der Waals surface area contributed by atoms with Gasteiger partial charge in [-0.05, 0) is 32.1 Å². The number of nitrogens with zero attached hydrogens (tertiary/aromatic N) is 2. The highest BCUT2D eigenvalue weighted by Gasteiger charge is 2.37. The maximum atomic E-state index is 5.60. The van der Waals surface area contributed by atoms with E-state index in [0.717, 1.165) is 31.0 Å². The van der Waals surface area contributed by atoms with Crippen LogP contribution in [-0.2, 0) is 4.74 Å². The Kier molecular flexibility index (Phi) is 3.28. The Balaban J connectivity index is 1.70. The van der Waals surface area contributed by atoms with E-state index in [9.17, 15) is 0 Å². The van der Waals surface area contributed by atoms with Gasteiger partial charge in [0.1, 0.15) is 17.5 Å². The Bertz CT molecular complexity index is 451. The number of rotatable bonds is 6. The molecule has 0 aliphatic heterocycles. The molecule has 1 aromatic heterocycles. The van der Waals surface area contributed by atoms with Crippen LogP contribution >= 0.6 is 0 Å². The summed E-state index contributed by atoms with van der Waals surface area (Å²) in [5, 5.41) is 3.36. The molecule has 6 nitrogen and oxygen atoms in total. The van der Waals surface area contributed by atoms with Gasteiger partial charge >= 0.3 is 0 Å². The van der Waals surface area contributed by atoms with Crippen molar-refractivity contribution in [1.82, 2.24) is 9.97 Å². The lowest BCUT2D eigenvalue weighted by molar-refractivity contribution is -0.0601. The predicted molar refractivity (Wildman–Crippen MR) is 73.9 cm³/mol. The molecule has 0 spiro atoms. The topological polar surface area (TPSA) is 85.1 Å². The minimum Gasteiger partial charge on any atom is -0.376 e. The highest BCUT2D eigenvalue weighted by molar-refractivity contribution is 5.47. The van der Waals surface area contributed by atoms with Gasteiger partial charge in [-0.3, -0.25) is 0 Å². The van der Waals surface area contributed by atoms with Gasteiger partial charge in [0.05, 0.1) is 5.60 Å². The smallest absolute Gasteiger partial charge is 0.145 e. The Hall–Kier alpha value is -1.40. The van der Waals surface area contributed by atoms with Crippen molar-refractivity contribution in [3.8, 4) is 0 Å². The third kappa shape index (κ3) is 2.64. The first-order valence-corrected chi connectivity index (χ1v) is 6.89. The lowest BCUT2D eigenvalue weighted by atomic mass is 9.80. The summed E-state index contributed by atoms with van der Waals surface area (Å²) in [5.74, 6) is 8.35. The number of nitrogen functional groups attached to an aromatic ring is 1. The van der Waals surface area contributed by atoms with Crippen LogP contribution in [0, 0.1) is 0 Å². The molecule has 6 heteroatoms. The van der Waals surface area contributed by atoms with E-state index < -0.39 is 0 Å². The first kappa shape index (κ1) is 12.6. The molecule has 1 heterocycles. The normalized spacial score (nSPS) is 20.7. The van der Waals surface area contributed by atoms with E-state index in [-0.39, 0.29) is 5.60 Å². The molecule has 0 aromatic carbocycles. The van der Waals surface area contributed by atoms with E-state index in [4.69, 9.17) is 10.6 Å². The number of hydrazine groups is 1. The summed E-state index contributed by atoms with van der Waals surface area (Å²) in [6.45, 7) is 0.786. The van der Waals surface area contributed by atoms with Crippen LogP contribution in [0.15, 0.2) is 6.07 Å². The van der Waals surface area contributed by atoms with Gasteiger partial charge in [0, 0.05) is 25.6 Å². The molecular weight excluding hydrogens is 242 g/mol. The zero-order valence-electron chi connectivity index (χ0n) is 11.3. The van der Waals surface area contributed by atoms with Crippen LogP contribution in [0.2, 0.25) is 0 Å². The highest BCUT2D eigenvalue weighted by Crippen LogP contribution is 2.39. The van der Waals surface area contributed by atoms with Crippen LogP contribution in [-0.4, -0.2) is 29.2 Å². The van der Waals surface area contributed by atoms with Gasteiger partial charge in [0.25, 0.3) is 0 Å². The number of nitrogens with one attached hydrogen (secondary N) is 2. The molecule has 0 atom stereocenters. The van der Waals surface area contributed by atoms with Gasteiger partial charge < -0.3 is 15.5 Å². The lowest BCUT2D eigenvalue weighted by Crippen LogP contribution is -2.45. The van der Waals surface area contributed by atoms with Gasteiger partial charge in [-0.25, -0.2) is 15.8 Å². The summed E-state index contributed by atoms with van der Waals surface area (Å²) in [6.07, 6.45) is 5.81. The summed E-state index contributed by atoms with van der Waals surface area (Å²) in [5.41, 5.74) is 2.59. The van der Waals surface area contributed by atoms with E-state index in [1.807, 2.05) is 6.07 Å². The maximum absolute atomic E-state index is 5.60. The fraction of sp³-hybridized carbons (Fsp3) is 0.692. The number of nitrogens with two attached hydrogens (primary N) is 1. The molecule has 2 aliphatic carbocycles. The van der Waals surface area contributed by atoms with Crippen molar-refractivity contribution in [3.05, 3.63) is 11.9 Å². The van der Waals surface area contributed by atoms with E-state index in [0.29, 0.717) is 11.7 Å². The molecule has 2 saturated carbocycles. The summed E-state index contributed by atoms with van der Waals surface area (Å²) in [6, 6.07) is 1.84. The molecule has 4 N–H and O–H groups in total. The van der Waals surface area contributed by atoms with Crippen molar-refractivity contribution in [2.75, 3.05) is 24.4 Å². The lowest BCUT2D eigenvalue weighted by Gasteiger charge is -2.40. The molecule has 104 valence electrons. The number of aromatic nitrogens is 2. The average Bonchev–Trinajstić information content (AvgIpc) is 3.22. The monoisotopic (exact) mass is 263 g/mol. The maximum Gasteiger partial charge on any atom is 0.145 e. The molecule has 2 aliphatic rings. The van der Waals surface area contributed by atoms with Gasteiger partial charge in [-0.2, -0.15) is 0 Å². The Labute approximate surface area is 113 Å². The van der Waals surface area contributed by atoms with Crippen molar-refractivity contribution >= 4 is 11.6 Å². The third-order valence-electron chi connectivity index (χ3n) is 4.12. The number of hydrogen-bond acceptors (Lipinski definition) is 6. The Morgan fingerprint density at radius 2 is 2.11 bits per heavy atom.